The zero-order valence-electron chi connectivity index (χ0n) is 8.86. The number of rotatable bonds is 8. The minimum absolute atomic E-state index is 0.146. The lowest BCUT2D eigenvalue weighted by Gasteiger charge is -2.05. The van der Waals surface area contributed by atoms with Gasteiger partial charge in [0.1, 0.15) is 13.2 Å². The van der Waals surface area contributed by atoms with Gasteiger partial charge in [0.05, 0.1) is 37.2 Å². The van der Waals surface area contributed by atoms with Crippen molar-refractivity contribution in [2.45, 2.75) is 12.2 Å². The Labute approximate surface area is 105 Å². The molecule has 2 atom stereocenters. The number of hydrogen-bond acceptors (Lipinski definition) is 4. The lowest BCUT2D eigenvalue weighted by Crippen LogP contribution is -2.17. The molecule has 6 heteroatoms. The Hall–Kier alpha value is -0.0200. The van der Waals surface area contributed by atoms with Crippen molar-refractivity contribution in [1.29, 1.82) is 0 Å². The summed E-state index contributed by atoms with van der Waals surface area (Å²) in [5.41, 5.74) is 0. The van der Waals surface area contributed by atoms with Crippen LogP contribution < -0.4 is 0 Å². The Morgan fingerprint density at radius 3 is 1.56 bits per heavy atom. The fourth-order valence-electron chi connectivity index (χ4n) is 0.683. The number of aliphatic hydroxyl groups is 2. The molecule has 0 spiro atoms. The lowest BCUT2D eigenvalue weighted by atomic mass is 10.4. The predicted octanol–water partition coefficient (Wildman–Crippen LogP) is 0.222. The zero-order chi connectivity index (χ0) is 12.2. The molecule has 0 saturated heterocycles. The van der Waals surface area contributed by atoms with E-state index in [4.69, 9.17) is 42.9 Å². The second kappa shape index (κ2) is 11.5. The van der Waals surface area contributed by atoms with Crippen molar-refractivity contribution in [3.05, 3.63) is 0 Å². The van der Waals surface area contributed by atoms with Gasteiger partial charge in [0, 0.05) is 0 Å². The molecule has 0 aliphatic carbocycles. The van der Waals surface area contributed by atoms with Crippen LogP contribution in [0.15, 0.2) is 0 Å². The Morgan fingerprint density at radius 2 is 1.25 bits per heavy atom. The van der Waals surface area contributed by atoms with Crippen LogP contribution in [0.3, 0.4) is 0 Å². The van der Waals surface area contributed by atoms with Gasteiger partial charge < -0.3 is 19.7 Å². The van der Waals surface area contributed by atoms with Crippen LogP contribution in [0, 0.1) is 11.8 Å². The Kier molecular flexibility index (Phi) is 11.5. The number of halogens is 2. The van der Waals surface area contributed by atoms with Crippen LogP contribution in [0.25, 0.3) is 0 Å². The summed E-state index contributed by atoms with van der Waals surface area (Å²) in [4.78, 5) is 0. The van der Waals surface area contributed by atoms with E-state index >= 15 is 0 Å². The molecular formula is C10H16Cl2O4. The van der Waals surface area contributed by atoms with Crippen LogP contribution in [0.2, 0.25) is 0 Å². The molecule has 0 rings (SSSR count). The van der Waals surface area contributed by atoms with Crippen molar-refractivity contribution in [2.75, 3.05) is 38.2 Å². The molecule has 0 aromatic heterocycles. The van der Waals surface area contributed by atoms with Gasteiger partial charge in [0.25, 0.3) is 0 Å². The molecule has 0 heterocycles. The molecule has 2 N–H and O–H groups in total. The molecule has 16 heavy (non-hydrogen) atoms. The SMILES string of the molecule is O[C@H](CCl)COCC#CCOC[C@@H](O)CCl. The topological polar surface area (TPSA) is 58.9 Å². The highest BCUT2D eigenvalue weighted by Crippen LogP contribution is 1.89. The molecule has 0 bridgehead atoms. The standard InChI is InChI=1S/C10H16Cl2O4/c11-5-9(13)7-15-3-1-2-4-16-8-10(14)6-12/h9-10,13-14H,3-8H2/t9-,10+. The molecule has 0 aromatic carbocycles. The third kappa shape index (κ3) is 10.5. The Bertz CT molecular complexity index is 195. The summed E-state index contributed by atoms with van der Waals surface area (Å²) in [6, 6.07) is 0. The maximum absolute atomic E-state index is 9.02. The summed E-state index contributed by atoms with van der Waals surface area (Å²) in [6.07, 6.45) is -1.31. The van der Waals surface area contributed by atoms with E-state index in [0.717, 1.165) is 0 Å². The first-order valence-corrected chi connectivity index (χ1v) is 5.86. The van der Waals surface area contributed by atoms with Crippen molar-refractivity contribution in [3.63, 3.8) is 0 Å². The minimum atomic E-state index is -0.654. The summed E-state index contributed by atoms with van der Waals surface area (Å²) in [5.74, 6) is 5.67. The maximum atomic E-state index is 9.02. The largest absolute Gasteiger partial charge is 0.389 e. The van der Waals surface area contributed by atoms with Gasteiger partial charge in [0.2, 0.25) is 0 Å². The lowest BCUT2D eigenvalue weighted by molar-refractivity contribution is 0.0614. The van der Waals surface area contributed by atoms with Crippen molar-refractivity contribution < 1.29 is 19.7 Å². The Morgan fingerprint density at radius 1 is 0.875 bits per heavy atom. The fraction of sp³-hybridized carbons (Fsp3) is 0.800. The van der Waals surface area contributed by atoms with E-state index in [9.17, 15) is 0 Å². The van der Waals surface area contributed by atoms with Crippen LogP contribution in [0.4, 0.5) is 0 Å². The zero-order valence-corrected chi connectivity index (χ0v) is 10.4. The summed E-state index contributed by atoms with van der Waals surface area (Å²) in [7, 11) is 0. The molecule has 0 fully saturated rings. The van der Waals surface area contributed by atoms with E-state index in [1.165, 1.54) is 0 Å². The van der Waals surface area contributed by atoms with Gasteiger partial charge in [-0.25, -0.2) is 0 Å². The van der Waals surface area contributed by atoms with Gasteiger partial charge in [0.15, 0.2) is 0 Å². The number of ether oxygens (including phenoxy) is 2. The second-order valence-electron chi connectivity index (χ2n) is 3.00. The van der Waals surface area contributed by atoms with E-state index in [1.54, 1.807) is 0 Å². The molecule has 0 aromatic rings. The summed E-state index contributed by atoms with van der Waals surface area (Å²) < 4.78 is 10.0. The Balaban J connectivity index is 3.28. The first-order chi connectivity index (χ1) is 7.70. The van der Waals surface area contributed by atoms with Crippen LogP contribution in [-0.4, -0.2) is 60.6 Å². The minimum Gasteiger partial charge on any atom is -0.389 e. The molecule has 0 amide bonds. The molecule has 0 aliphatic rings. The van der Waals surface area contributed by atoms with Crippen LogP contribution in [0.1, 0.15) is 0 Å². The normalized spacial score (nSPS) is 14.0. The number of aliphatic hydroxyl groups excluding tert-OH is 2. The smallest absolute Gasteiger partial charge is 0.107 e. The van der Waals surface area contributed by atoms with Crippen molar-refractivity contribution in [3.8, 4) is 11.8 Å². The highest BCUT2D eigenvalue weighted by molar-refractivity contribution is 6.18. The maximum Gasteiger partial charge on any atom is 0.107 e. The summed E-state index contributed by atoms with van der Waals surface area (Å²) >= 11 is 10.7. The van der Waals surface area contributed by atoms with Crippen LogP contribution >= 0.6 is 23.2 Å². The molecule has 0 aliphatic heterocycles. The van der Waals surface area contributed by atoms with Crippen LogP contribution in [-0.2, 0) is 9.47 Å². The van der Waals surface area contributed by atoms with Crippen molar-refractivity contribution >= 4 is 23.2 Å². The van der Waals surface area contributed by atoms with Gasteiger partial charge in [-0.2, -0.15) is 0 Å². The fourth-order valence-corrected chi connectivity index (χ4v) is 0.861. The quantitative estimate of drug-likeness (QED) is 0.377. The average molecular weight is 271 g/mol. The van der Waals surface area contributed by atoms with E-state index in [-0.39, 0.29) is 38.2 Å². The number of hydrogen-bond donors (Lipinski definition) is 2. The predicted molar refractivity (Wildman–Crippen MR) is 62.9 cm³/mol. The van der Waals surface area contributed by atoms with E-state index in [1.807, 2.05) is 0 Å². The van der Waals surface area contributed by atoms with E-state index in [0.29, 0.717) is 0 Å². The molecule has 0 unspecified atom stereocenters. The van der Waals surface area contributed by atoms with Crippen LogP contribution in [0.5, 0.6) is 0 Å². The third-order valence-corrected chi connectivity index (χ3v) is 2.16. The van der Waals surface area contributed by atoms with Gasteiger partial charge in [-0.3, -0.25) is 0 Å². The van der Waals surface area contributed by atoms with E-state index < -0.39 is 12.2 Å². The highest BCUT2D eigenvalue weighted by Gasteiger charge is 2.00. The molecular weight excluding hydrogens is 255 g/mol. The molecule has 4 nitrogen and oxygen atoms in total. The van der Waals surface area contributed by atoms with Gasteiger partial charge in [-0.1, -0.05) is 11.8 Å². The molecule has 0 saturated carbocycles. The first-order valence-electron chi connectivity index (χ1n) is 4.80. The first kappa shape index (κ1) is 16.0. The number of alkyl halides is 2. The summed E-state index contributed by atoms with van der Waals surface area (Å²) in [6.45, 7) is 0.777. The summed E-state index contributed by atoms with van der Waals surface area (Å²) in [5, 5.41) is 18.0. The average Bonchev–Trinajstić information content (AvgIpc) is 2.31. The second-order valence-corrected chi connectivity index (χ2v) is 3.62. The van der Waals surface area contributed by atoms with Crippen molar-refractivity contribution in [1.82, 2.24) is 0 Å². The van der Waals surface area contributed by atoms with Gasteiger partial charge >= 0.3 is 0 Å². The van der Waals surface area contributed by atoms with Gasteiger partial charge in [-0.05, 0) is 0 Å². The third-order valence-electron chi connectivity index (χ3n) is 1.45. The molecule has 94 valence electrons. The van der Waals surface area contributed by atoms with Gasteiger partial charge in [-0.15, -0.1) is 23.2 Å². The molecule has 0 radical (unpaired) electrons. The van der Waals surface area contributed by atoms with E-state index in [2.05, 4.69) is 11.8 Å². The van der Waals surface area contributed by atoms with Crippen molar-refractivity contribution in [2.24, 2.45) is 0 Å². The highest BCUT2D eigenvalue weighted by atomic mass is 35.5. The monoisotopic (exact) mass is 270 g/mol.